The fourth-order valence-electron chi connectivity index (χ4n) is 3.51. The van der Waals surface area contributed by atoms with Gasteiger partial charge in [0.05, 0.1) is 12.1 Å². The van der Waals surface area contributed by atoms with E-state index in [0.29, 0.717) is 6.42 Å². The fraction of sp³-hybridized carbons (Fsp3) is 0.654. The summed E-state index contributed by atoms with van der Waals surface area (Å²) in [5, 5.41) is 13.0. The number of hydrogen-bond acceptors (Lipinski definition) is 2. The number of hydrogen-bond donors (Lipinski definition) is 2. The summed E-state index contributed by atoms with van der Waals surface area (Å²) in [5.41, 5.74) is 1.15. The highest BCUT2D eigenvalue weighted by atomic mass is 16.3. The first-order chi connectivity index (χ1) is 14.1. The smallest absolute Gasteiger partial charge is 0.220 e. The first-order valence-electron chi connectivity index (χ1n) is 11.8. The molecule has 1 aromatic rings. The standard InChI is InChI=1S/C26H43NO2/c1-3-4-5-15-20-25(28)21-16-10-8-6-7-9-11-17-22-26(29)27-23(2)24-18-13-12-14-19-24/h10,12-14,16,18-19,23,25,28H,3-9,11,15,17,20-22H2,1-2H3,(H,27,29)/t23-,25+/m0/s1. The molecule has 2 N–H and O–H groups in total. The van der Waals surface area contributed by atoms with Crippen molar-refractivity contribution in [2.24, 2.45) is 0 Å². The normalized spacial score (nSPS) is 13.5. The van der Waals surface area contributed by atoms with Crippen molar-refractivity contribution in [2.75, 3.05) is 0 Å². The SMILES string of the molecule is CCCCCC[C@@H](O)CC=CCCCCCCCC(=O)N[C@@H](C)c1ccccc1. The molecule has 1 amide bonds. The van der Waals surface area contributed by atoms with E-state index in [0.717, 1.165) is 44.1 Å². The number of rotatable bonds is 17. The van der Waals surface area contributed by atoms with Crippen molar-refractivity contribution in [1.82, 2.24) is 5.32 Å². The topological polar surface area (TPSA) is 49.3 Å². The quantitative estimate of drug-likeness (QED) is 0.221. The molecule has 29 heavy (non-hydrogen) atoms. The second-order valence-electron chi connectivity index (χ2n) is 8.22. The Morgan fingerprint density at radius 2 is 1.66 bits per heavy atom. The third kappa shape index (κ3) is 14.1. The van der Waals surface area contributed by atoms with Crippen molar-refractivity contribution in [3.8, 4) is 0 Å². The molecule has 0 unspecified atom stereocenters. The number of amides is 1. The van der Waals surface area contributed by atoms with Gasteiger partial charge in [-0.25, -0.2) is 0 Å². The van der Waals surface area contributed by atoms with E-state index in [1.54, 1.807) is 0 Å². The lowest BCUT2D eigenvalue weighted by Crippen LogP contribution is -2.26. The maximum atomic E-state index is 12.0. The minimum atomic E-state index is -0.168. The van der Waals surface area contributed by atoms with Crippen LogP contribution in [-0.2, 0) is 4.79 Å². The highest BCUT2D eigenvalue weighted by molar-refractivity contribution is 5.76. The molecule has 0 aromatic heterocycles. The van der Waals surface area contributed by atoms with Gasteiger partial charge in [0, 0.05) is 6.42 Å². The zero-order valence-electron chi connectivity index (χ0n) is 18.7. The van der Waals surface area contributed by atoms with E-state index in [2.05, 4.69) is 24.4 Å². The Morgan fingerprint density at radius 3 is 2.41 bits per heavy atom. The van der Waals surface area contributed by atoms with Gasteiger partial charge in [0.2, 0.25) is 5.91 Å². The summed E-state index contributed by atoms with van der Waals surface area (Å²) in [6.07, 6.45) is 18.2. The van der Waals surface area contributed by atoms with Crippen molar-refractivity contribution in [2.45, 2.75) is 109 Å². The minimum Gasteiger partial charge on any atom is -0.393 e. The van der Waals surface area contributed by atoms with Crippen molar-refractivity contribution < 1.29 is 9.90 Å². The molecule has 0 aliphatic carbocycles. The van der Waals surface area contributed by atoms with E-state index in [4.69, 9.17) is 0 Å². The maximum absolute atomic E-state index is 12.0. The predicted octanol–water partition coefficient (Wildman–Crippen LogP) is 6.87. The van der Waals surface area contributed by atoms with Gasteiger partial charge in [-0.05, 0) is 44.6 Å². The van der Waals surface area contributed by atoms with E-state index in [-0.39, 0.29) is 18.1 Å². The summed E-state index contributed by atoms with van der Waals surface area (Å²) in [4.78, 5) is 12.0. The Labute approximate surface area is 179 Å². The van der Waals surface area contributed by atoms with Gasteiger partial charge in [-0.1, -0.05) is 94.4 Å². The summed E-state index contributed by atoms with van der Waals surface area (Å²) in [5.74, 6) is 0.150. The van der Waals surface area contributed by atoms with Crippen LogP contribution in [0.15, 0.2) is 42.5 Å². The van der Waals surface area contributed by atoms with Gasteiger partial charge in [-0.3, -0.25) is 4.79 Å². The van der Waals surface area contributed by atoms with Crippen molar-refractivity contribution >= 4 is 5.91 Å². The molecule has 164 valence electrons. The molecule has 0 spiro atoms. The molecular weight excluding hydrogens is 358 g/mol. The van der Waals surface area contributed by atoms with Crippen LogP contribution in [0, 0.1) is 0 Å². The zero-order chi connectivity index (χ0) is 21.2. The molecular formula is C26H43NO2. The van der Waals surface area contributed by atoms with E-state index >= 15 is 0 Å². The van der Waals surface area contributed by atoms with Crippen LogP contribution in [0.2, 0.25) is 0 Å². The van der Waals surface area contributed by atoms with Crippen LogP contribution < -0.4 is 5.32 Å². The Kier molecular flexibility index (Phi) is 15.1. The van der Waals surface area contributed by atoms with Crippen LogP contribution in [0.4, 0.5) is 0 Å². The molecule has 1 rings (SSSR count). The first-order valence-corrected chi connectivity index (χ1v) is 11.8. The summed E-state index contributed by atoms with van der Waals surface area (Å²) >= 11 is 0. The van der Waals surface area contributed by atoms with Crippen LogP contribution in [0.25, 0.3) is 0 Å². The Bertz CT molecular complexity index is 541. The minimum absolute atomic E-state index is 0.0744. The summed E-state index contributed by atoms with van der Waals surface area (Å²) < 4.78 is 0. The molecule has 1 aromatic carbocycles. The van der Waals surface area contributed by atoms with Crippen molar-refractivity contribution in [1.29, 1.82) is 0 Å². The molecule has 0 saturated carbocycles. The number of aliphatic hydroxyl groups is 1. The third-order valence-electron chi connectivity index (χ3n) is 5.42. The van der Waals surface area contributed by atoms with Crippen molar-refractivity contribution in [3.05, 3.63) is 48.0 Å². The molecule has 3 heteroatoms. The number of carbonyl (C=O) groups excluding carboxylic acids is 1. The van der Waals surface area contributed by atoms with Gasteiger partial charge in [0.25, 0.3) is 0 Å². The Morgan fingerprint density at radius 1 is 0.966 bits per heavy atom. The summed E-state index contributed by atoms with van der Waals surface area (Å²) in [6, 6.07) is 10.2. The molecule has 0 bridgehead atoms. The van der Waals surface area contributed by atoms with E-state index in [9.17, 15) is 9.90 Å². The van der Waals surface area contributed by atoms with Gasteiger partial charge >= 0.3 is 0 Å². The summed E-state index contributed by atoms with van der Waals surface area (Å²) in [7, 11) is 0. The van der Waals surface area contributed by atoms with Crippen LogP contribution in [0.5, 0.6) is 0 Å². The molecule has 0 aliphatic rings. The largest absolute Gasteiger partial charge is 0.393 e. The third-order valence-corrected chi connectivity index (χ3v) is 5.42. The molecule has 2 atom stereocenters. The fourth-order valence-corrected chi connectivity index (χ4v) is 3.51. The summed E-state index contributed by atoms with van der Waals surface area (Å²) in [6.45, 7) is 4.25. The van der Waals surface area contributed by atoms with E-state index in [1.807, 2.05) is 37.3 Å². The van der Waals surface area contributed by atoms with Crippen LogP contribution in [0.3, 0.4) is 0 Å². The second-order valence-corrected chi connectivity index (χ2v) is 8.22. The van der Waals surface area contributed by atoms with Crippen LogP contribution in [0.1, 0.15) is 109 Å². The highest BCUT2D eigenvalue weighted by Crippen LogP contribution is 2.13. The van der Waals surface area contributed by atoms with Gasteiger partial charge in [-0.15, -0.1) is 0 Å². The molecule has 0 fully saturated rings. The van der Waals surface area contributed by atoms with Gasteiger partial charge in [0.1, 0.15) is 0 Å². The van der Waals surface area contributed by atoms with Crippen molar-refractivity contribution in [3.63, 3.8) is 0 Å². The van der Waals surface area contributed by atoms with E-state index in [1.165, 1.54) is 38.5 Å². The van der Waals surface area contributed by atoms with Gasteiger partial charge < -0.3 is 10.4 Å². The van der Waals surface area contributed by atoms with Gasteiger partial charge in [0.15, 0.2) is 0 Å². The lowest BCUT2D eigenvalue weighted by Gasteiger charge is -2.14. The number of unbranched alkanes of at least 4 members (excludes halogenated alkanes) is 8. The maximum Gasteiger partial charge on any atom is 0.220 e. The average molecular weight is 402 g/mol. The van der Waals surface area contributed by atoms with E-state index < -0.39 is 0 Å². The molecule has 0 saturated heterocycles. The monoisotopic (exact) mass is 401 g/mol. The first kappa shape index (κ1) is 25.4. The second kappa shape index (κ2) is 17.3. The molecule has 0 radical (unpaired) electrons. The molecule has 3 nitrogen and oxygen atoms in total. The highest BCUT2D eigenvalue weighted by Gasteiger charge is 2.08. The number of nitrogens with one attached hydrogen (secondary N) is 1. The predicted molar refractivity (Wildman–Crippen MR) is 124 cm³/mol. The average Bonchev–Trinajstić information content (AvgIpc) is 2.73. The number of allylic oxidation sites excluding steroid dienone is 1. The number of aliphatic hydroxyl groups excluding tert-OH is 1. The molecule has 0 heterocycles. The van der Waals surface area contributed by atoms with Gasteiger partial charge in [-0.2, -0.15) is 0 Å². The molecule has 0 aliphatic heterocycles. The number of carbonyl (C=O) groups is 1. The number of benzene rings is 1. The lowest BCUT2D eigenvalue weighted by molar-refractivity contribution is -0.121. The zero-order valence-corrected chi connectivity index (χ0v) is 18.7. The Balaban J connectivity index is 1.93. The van der Waals surface area contributed by atoms with Crippen LogP contribution in [-0.4, -0.2) is 17.1 Å². The van der Waals surface area contributed by atoms with Crippen LogP contribution >= 0.6 is 0 Å². The Hall–Kier alpha value is -1.61. The lowest BCUT2D eigenvalue weighted by atomic mass is 10.1.